The van der Waals surface area contributed by atoms with Crippen molar-refractivity contribution in [3.8, 4) is 5.75 Å². The normalized spacial score (nSPS) is 30.1. The van der Waals surface area contributed by atoms with Gasteiger partial charge in [-0.15, -0.1) is 0 Å². The van der Waals surface area contributed by atoms with Crippen LogP contribution in [0, 0.1) is 11.8 Å². The van der Waals surface area contributed by atoms with Crippen LogP contribution >= 0.6 is 0 Å². The van der Waals surface area contributed by atoms with Gasteiger partial charge < -0.3 is 14.5 Å². The molecule has 0 radical (unpaired) electrons. The number of fused-ring (bicyclic) bond motifs is 4. The molecule has 1 aromatic rings. The van der Waals surface area contributed by atoms with E-state index in [0.29, 0.717) is 29.8 Å². The first kappa shape index (κ1) is 19.9. The maximum atomic E-state index is 12.6. The summed E-state index contributed by atoms with van der Waals surface area (Å²) in [6.45, 7) is 4.96. The van der Waals surface area contributed by atoms with Gasteiger partial charge in [-0.2, -0.15) is 0 Å². The molecule has 4 aliphatic heterocycles. The van der Waals surface area contributed by atoms with E-state index in [-0.39, 0.29) is 12.5 Å². The average molecular weight is 412 g/mol. The van der Waals surface area contributed by atoms with Gasteiger partial charge in [-0.3, -0.25) is 14.5 Å². The lowest BCUT2D eigenvalue weighted by atomic mass is 9.75. The average Bonchev–Trinajstić information content (AvgIpc) is 2.79. The second-order valence-electron chi connectivity index (χ2n) is 9.54. The molecule has 0 N–H and O–H groups in total. The molecule has 4 fully saturated rings. The highest BCUT2D eigenvalue weighted by molar-refractivity contribution is 5.78. The Kier molecular flexibility index (Phi) is 5.68. The Balaban J connectivity index is 1.12. The topological polar surface area (TPSA) is 53.1 Å². The van der Waals surface area contributed by atoms with Crippen molar-refractivity contribution >= 4 is 11.8 Å². The number of para-hydroxylation sites is 1. The molecule has 162 valence electrons. The maximum Gasteiger partial charge on any atom is 0.260 e. The minimum Gasteiger partial charge on any atom is -0.484 e. The molecule has 3 atom stereocenters. The first-order chi connectivity index (χ1) is 14.7. The zero-order valence-corrected chi connectivity index (χ0v) is 17.7. The van der Waals surface area contributed by atoms with E-state index in [1.165, 1.54) is 12.8 Å². The molecule has 6 nitrogen and oxygen atoms in total. The van der Waals surface area contributed by atoms with Crippen LogP contribution in [0.1, 0.15) is 38.5 Å². The van der Waals surface area contributed by atoms with Gasteiger partial charge in [0, 0.05) is 51.2 Å². The fourth-order valence-electron chi connectivity index (χ4n) is 6.18. The van der Waals surface area contributed by atoms with Gasteiger partial charge in [0.1, 0.15) is 5.75 Å². The number of carbonyl (C=O) groups is 2. The van der Waals surface area contributed by atoms with E-state index in [2.05, 4.69) is 9.80 Å². The number of carbonyl (C=O) groups excluding carboxylic acids is 2. The molecule has 30 heavy (non-hydrogen) atoms. The molecule has 4 heterocycles. The van der Waals surface area contributed by atoms with Crippen molar-refractivity contribution < 1.29 is 14.3 Å². The summed E-state index contributed by atoms with van der Waals surface area (Å²) in [5.74, 6) is 2.49. The second kappa shape index (κ2) is 8.58. The molecule has 1 aromatic carbocycles. The molecular formula is C24H33N3O3. The third-order valence-electron chi connectivity index (χ3n) is 7.65. The number of nitrogens with zero attached hydrogens (tertiary/aromatic N) is 3. The number of likely N-dealkylation sites (tertiary alicyclic amines) is 2. The molecule has 2 bridgehead atoms. The molecule has 6 heteroatoms. The van der Waals surface area contributed by atoms with Gasteiger partial charge in [0.05, 0.1) is 0 Å². The quantitative estimate of drug-likeness (QED) is 0.764. The van der Waals surface area contributed by atoms with Crippen molar-refractivity contribution in [1.29, 1.82) is 0 Å². The van der Waals surface area contributed by atoms with Gasteiger partial charge >= 0.3 is 0 Å². The van der Waals surface area contributed by atoms with Gasteiger partial charge in [0.25, 0.3) is 5.91 Å². The lowest BCUT2D eigenvalue weighted by Crippen LogP contribution is -2.62. The predicted octanol–water partition coefficient (Wildman–Crippen LogP) is 2.39. The standard InChI is InChI=1S/C24H33N3O3/c28-23-8-4-7-22-19-13-18(15-27(22)23)14-26(16-19)20-9-11-25(12-10-20)24(29)17-30-21-5-2-1-3-6-21/h1-3,5-6,18-20,22H,4,7-17H2/t18?,19?,22-/m1/s1. The Morgan fingerprint density at radius 3 is 2.63 bits per heavy atom. The third-order valence-corrected chi connectivity index (χ3v) is 7.65. The third kappa shape index (κ3) is 4.07. The SMILES string of the molecule is O=C(COc1ccccc1)N1CCC(N2CC3CC(C2)[C@H]2CCCC(=O)N2C3)CC1. The van der Waals surface area contributed by atoms with Gasteiger partial charge in [-0.1, -0.05) is 18.2 Å². The van der Waals surface area contributed by atoms with Crippen LogP contribution in [0.2, 0.25) is 0 Å². The zero-order valence-electron chi connectivity index (χ0n) is 17.7. The Bertz CT molecular complexity index is 762. The minimum atomic E-state index is 0.0872. The Labute approximate surface area is 179 Å². The number of hydrogen-bond donors (Lipinski definition) is 0. The van der Waals surface area contributed by atoms with E-state index < -0.39 is 0 Å². The van der Waals surface area contributed by atoms with Crippen molar-refractivity contribution in [3.05, 3.63) is 30.3 Å². The van der Waals surface area contributed by atoms with E-state index in [4.69, 9.17) is 4.74 Å². The lowest BCUT2D eigenvalue weighted by molar-refractivity contribution is -0.146. The summed E-state index contributed by atoms with van der Waals surface area (Å²) in [5.41, 5.74) is 0. The summed E-state index contributed by atoms with van der Waals surface area (Å²) < 4.78 is 5.64. The minimum absolute atomic E-state index is 0.0872. The van der Waals surface area contributed by atoms with Gasteiger partial charge in [-0.25, -0.2) is 0 Å². The van der Waals surface area contributed by atoms with Crippen molar-refractivity contribution in [2.24, 2.45) is 11.8 Å². The van der Waals surface area contributed by atoms with Crippen molar-refractivity contribution in [2.75, 3.05) is 39.3 Å². The largest absolute Gasteiger partial charge is 0.484 e. The molecule has 0 aromatic heterocycles. The molecule has 0 aliphatic carbocycles. The molecule has 0 spiro atoms. The molecule has 4 aliphatic rings. The number of ether oxygens (including phenoxy) is 1. The van der Waals surface area contributed by atoms with E-state index >= 15 is 0 Å². The number of piperidine rings is 4. The molecule has 0 saturated carbocycles. The van der Waals surface area contributed by atoms with Gasteiger partial charge in [0.2, 0.25) is 5.91 Å². The summed E-state index contributed by atoms with van der Waals surface area (Å²) in [6, 6.07) is 10.6. The van der Waals surface area contributed by atoms with E-state index in [9.17, 15) is 9.59 Å². The fraction of sp³-hybridized carbons (Fsp3) is 0.667. The highest BCUT2D eigenvalue weighted by Crippen LogP contribution is 2.39. The van der Waals surface area contributed by atoms with E-state index in [1.54, 1.807) is 0 Å². The summed E-state index contributed by atoms with van der Waals surface area (Å²) >= 11 is 0. The van der Waals surface area contributed by atoms with Crippen molar-refractivity contribution in [3.63, 3.8) is 0 Å². The number of benzene rings is 1. The van der Waals surface area contributed by atoms with Crippen LogP contribution < -0.4 is 4.74 Å². The maximum absolute atomic E-state index is 12.6. The lowest BCUT2D eigenvalue weighted by Gasteiger charge is -2.54. The first-order valence-corrected chi connectivity index (χ1v) is 11.7. The van der Waals surface area contributed by atoms with Crippen LogP contribution in [0.15, 0.2) is 30.3 Å². The first-order valence-electron chi connectivity index (χ1n) is 11.7. The summed E-state index contributed by atoms with van der Waals surface area (Å²) in [6.07, 6.45) is 6.38. The zero-order chi connectivity index (χ0) is 20.5. The van der Waals surface area contributed by atoms with Crippen LogP contribution in [-0.2, 0) is 9.59 Å². The molecular weight excluding hydrogens is 378 g/mol. The molecule has 4 saturated heterocycles. The van der Waals surface area contributed by atoms with Crippen molar-refractivity contribution in [2.45, 2.75) is 50.6 Å². The summed E-state index contributed by atoms with van der Waals surface area (Å²) in [5, 5.41) is 0. The fourth-order valence-corrected chi connectivity index (χ4v) is 6.18. The van der Waals surface area contributed by atoms with E-state index in [0.717, 1.165) is 64.2 Å². The molecule has 2 unspecified atom stereocenters. The number of rotatable bonds is 4. The Hall–Kier alpha value is -2.08. The van der Waals surface area contributed by atoms with Crippen LogP contribution in [0.25, 0.3) is 0 Å². The Morgan fingerprint density at radius 1 is 1.03 bits per heavy atom. The predicted molar refractivity (Wildman–Crippen MR) is 114 cm³/mol. The van der Waals surface area contributed by atoms with Gasteiger partial charge in [-0.05, 0) is 56.1 Å². The highest BCUT2D eigenvalue weighted by atomic mass is 16.5. The van der Waals surface area contributed by atoms with Gasteiger partial charge in [0.15, 0.2) is 6.61 Å². The Morgan fingerprint density at radius 2 is 1.83 bits per heavy atom. The highest BCUT2D eigenvalue weighted by Gasteiger charge is 2.45. The second-order valence-corrected chi connectivity index (χ2v) is 9.54. The van der Waals surface area contributed by atoms with E-state index in [1.807, 2.05) is 35.2 Å². The monoisotopic (exact) mass is 411 g/mol. The van der Waals surface area contributed by atoms with Crippen LogP contribution in [0.5, 0.6) is 5.75 Å². The van der Waals surface area contributed by atoms with Crippen LogP contribution in [0.4, 0.5) is 0 Å². The molecule has 5 rings (SSSR count). The molecule has 2 amide bonds. The number of amides is 2. The smallest absolute Gasteiger partial charge is 0.260 e. The van der Waals surface area contributed by atoms with Crippen molar-refractivity contribution in [1.82, 2.24) is 14.7 Å². The van der Waals surface area contributed by atoms with Crippen LogP contribution in [0.3, 0.4) is 0 Å². The summed E-state index contributed by atoms with van der Waals surface area (Å²) in [4.78, 5) is 31.8. The van der Waals surface area contributed by atoms with Crippen LogP contribution in [-0.4, -0.2) is 77.9 Å². The number of hydrogen-bond acceptors (Lipinski definition) is 4. The summed E-state index contributed by atoms with van der Waals surface area (Å²) in [7, 11) is 0.